The molecule has 1 amide bonds. The van der Waals surface area contributed by atoms with Gasteiger partial charge in [-0.05, 0) is 37.1 Å². The van der Waals surface area contributed by atoms with Crippen molar-refractivity contribution in [2.75, 3.05) is 13.1 Å². The molecular weight excluding hydrogens is 304 g/mol. The first-order valence-corrected chi connectivity index (χ1v) is 8.10. The first-order chi connectivity index (χ1) is 11.8. The van der Waals surface area contributed by atoms with E-state index in [1.54, 1.807) is 18.3 Å². The summed E-state index contributed by atoms with van der Waals surface area (Å²) in [5.74, 6) is 0.553. The highest BCUT2D eigenvalue weighted by molar-refractivity contribution is 5.95. The molecule has 1 aliphatic heterocycles. The van der Waals surface area contributed by atoms with Gasteiger partial charge in [-0.2, -0.15) is 5.10 Å². The second kappa shape index (κ2) is 6.31. The Kier molecular flexibility index (Phi) is 3.86. The third-order valence-electron chi connectivity index (χ3n) is 4.25. The van der Waals surface area contributed by atoms with Crippen LogP contribution >= 0.6 is 0 Å². The molecule has 0 bridgehead atoms. The number of nitrogens with zero attached hydrogens (tertiary/aromatic N) is 4. The fourth-order valence-corrected chi connectivity index (χ4v) is 3.09. The maximum absolute atomic E-state index is 12.8. The lowest BCUT2D eigenvalue weighted by Gasteiger charge is -2.32. The molecule has 1 unspecified atom stereocenters. The molecule has 1 saturated heterocycles. The summed E-state index contributed by atoms with van der Waals surface area (Å²) in [4.78, 5) is 14.7. The second-order valence-corrected chi connectivity index (χ2v) is 5.96. The molecular formula is C18H18N4O2. The zero-order valence-corrected chi connectivity index (χ0v) is 13.2. The molecule has 4 rings (SSSR count). The van der Waals surface area contributed by atoms with E-state index in [0.717, 1.165) is 24.9 Å². The molecule has 6 nitrogen and oxygen atoms in total. The van der Waals surface area contributed by atoms with Gasteiger partial charge in [0.2, 0.25) is 5.88 Å². The third kappa shape index (κ3) is 2.95. The van der Waals surface area contributed by atoms with E-state index < -0.39 is 0 Å². The summed E-state index contributed by atoms with van der Waals surface area (Å²) in [6.45, 7) is 1.33. The van der Waals surface area contributed by atoms with E-state index >= 15 is 0 Å². The molecule has 0 spiro atoms. The van der Waals surface area contributed by atoms with Crippen molar-refractivity contribution in [2.45, 2.75) is 18.9 Å². The number of piperidine rings is 1. The van der Waals surface area contributed by atoms with Gasteiger partial charge in [0.15, 0.2) is 0 Å². The van der Waals surface area contributed by atoms with Crippen LogP contribution in [0.2, 0.25) is 0 Å². The van der Waals surface area contributed by atoms with Gasteiger partial charge in [0, 0.05) is 36.7 Å². The molecule has 0 saturated carbocycles. The van der Waals surface area contributed by atoms with Crippen LogP contribution in [0, 0.1) is 0 Å². The second-order valence-electron chi connectivity index (χ2n) is 5.96. The normalized spacial score (nSPS) is 17.8. The van der Waals surface area contributed by atoms with E-state index in [9.17, 15) is 4.79 Å². The summed E-state index contributed by atoms with van der Waals surface area (Å²) in [6, 6.07) is 11.4. The number of likely N-dealkylation sites (tertiary alicyclic amines) is 1. The van der Waals surface area contributed by atoms with E-state index in [2.05, 4.69) is 10.2 Å². The van der Waals surface area contributed by atoms with Gasteiger partial charge in [0.05, 0.1) is 12.1 Å². The number of fused-ring (bicyclic) bond motifs is 1. The first-order valence-electron chi connectivity index (χ1n) is 8.10. The van der Waals surface area contributed by atoms with Gasteiger partial charge in [-0.1, -0.05) is 6.07 Å². The highest BCUT2D eigenvalue weighted by Crippen LogP contribution is 2.19. The van der Waals surface area contributed by atoms with Crippen LogP contribution in [0.15, 0.2) is 55.0 Å². The summed E-state index contributed by atoms with van der Waals surface area (Å²) in [6.07, 6.45) is 7.23. The number of hydrogen-bond acceptors (Lipinski definition) is 4. The van der Waals surface area contributed by atoms with Gasteiger partial charge in [0.1, 0.15) is 6.10 Å². The Morgan fingerprint density at radius 3 is 3.04 bits per heavy atom. The molecule has 0 aliphatic carbocycles. The summed E-state index contributed by atoms with van der Waals surface area (Å²) in [7, 11) is 0. The van der Waals surface area contributed by atoms with E-state index in [1.165, 1.54) is 0 Å². The summed E-state index contributed by atoms with van der Waals surface area (Å²) < 4.78 is 7.82. The SMILES string of the molecule is O=C(c1cc2ccccn2c1)N1CCCC(Oc2cccnn2)C1. The summed E-state index contributed by atoms with van der Waals surface area (Å²) in [5, 5.41) is 7.77. The highest BCUT2D eigenvalue weighted by Gasteiger charge is 2.26. The van der Waals surface area contributed by atoms with Crippen LogP contribution in [0.3, 0.4) is 0 Å². The Hall–Kier alpha value is -2.89. The maximum atomic E-state index is 12.8. The van der Waals surface area contributed by atoms with Crippen LogP contribution < -0.4 is 4.74 Å². The molecule has 6 heteroatoms. The van der Waals surface area contributed by atoms with Crippen LogP contribution in [0.1, 0.15) is 23.2 Å². The van der Waals surface area contributed by atoms with Crippen molar-refractivity contribution in [3.05, 3.63) is 60.6 Å². The molecule has 3 aromatic heterocycles. The van der Waals surface area contributed by atoms with Crippen LogP contribution in [-0.2, 0) is 0 Å². The molecule has 0 radical (unpaired) electrons. The number of carbonyl (C=O) groups is 1. The van der Waals surface area contributed by atoms with Crippen molar-refractivity contribution >= 4 is 11.4 Å². The molecule has 1 atom stereocenters. The quantitative estimate of drug-likeness (QED) is 0.743. The fraction of sp³-hybridized carbons (Fsp3) is 0.278. The Balaban J connectivity index is 1.48. The lowest BCUT2D eigenvalue weighted by atomic mass is 10.1. The number of rotatable bonds is 3. The number of amides is 1. The molecule has 0 aromatic carbocycles. The van der Waals surface area contributed by atoms with E-state index in [0.29, 0.717) is 18.0 Å². The molecule has 122 valence electrons. The molecule has 24 heavy (non-hydrogen) atoms. The monoisotopic (exact) mass is 322 g/mol. The van der Waals surface area contributed by atoms with Crippen molar-refractivity contribution in [2.24, 2.45) is 0 Å². The van der Waals surface area contributed by atoms with Crippen molar-refractivity contribution in [1.82, 2.24) is 19.5 Å². The number of ether oxygens (including phenoxy) is 1. The minimum absolute atomic E-state index is 0.0450. The molecule has 3 aromatic rings. The smallest absolute Gasteiger partial charge is 0.255 e. The van der Waals surface area contributed by atoms with Gasteiger partial charge < -0.3 is 14.0 Å². The van der Waals surface area contributed by atoms with E-state index in [-0.39, 0.29) is 12.0 Å². The van der Waals surface area contributed by atoms with Gasteiger partial charge >= 0.3 is 0 Å². The lowest BCUT2D eigenvalue weighted by Crippen LogP contribution is -2.44. The topological polar surface area (TPSA) is 59.7 Å². The number of carbonyl (C=O) groups excluding carboxylic acids is 1. The predicted octanol–water partition coefficient (Wildman–Crippen LogP) is 2.41. The first kappa shape index (κ1) is 14.7. The molecule has 1 fully saturated rings. The summed E-state index contributed by atoms with van der Waals surface area (Å²) >= 11 is 0. The van der Waals surface area contributed by atoms with Crippen molar-refractivity contribution in [1.29, 1.82) is 0 Å². The van der Waals surface area contributed by atoms with E-state index in [1.807, 2.05) is 46.0 Å². The minimum atomic E-state index is -0.0450. The Morgan fingerprint density at radius 1 is 1.25 bits per heavy atom. The molecule has 4 heterocycles. The number of hydrogen-bond donors (Lipinski definition) is 0. The number of aromatic nitrogens is 3. The van der Waals surface area contributed by atoms with Crippen LogP contribution in [-0.4, -0.2) is 44.6 Å². The zero-order chi connectivity index (χ0) is 16.4. The van der Waals surface area contributed by atoms with Crippen LogP contribution in [0.4, 0.5) is 0 Å². The Labute approximate surface area is 139 Å². The van der Waals surface area contributed by atoms with Gasteiger partial charge in [-0.25, -0.2) is 0 Å². The standard InChI is InChI=1S/C18H18N4O2/c23-18(14-11-15-5-1-2-9-21(15)12-14)22-10-4-6-16(13-22)24-17-7-3-8-19-20-17/h1-3,5,7-9,11-12,16H,4,6,10,13H2. The van der Waals surface area contributed by atoms with Gasteiger partial charge in [-0.15, -0.1) is 5.10 Å². The predicted molar refractivity (Wildman–Crippen MR) is 89.0 cm³/mol. The average molecular weight is 322 g/mol. The number of pyridine rings is 1. The Morgan fingerprint density at radius 2 is 2.21 bits per heavy atom. The Bertz CT molecular complexity index is 813. The highest BCUT2D eigenvalue weighted by atomic mass is 16.5. The molecule has 0 N–H and O–H groups in total. The van der Waals surface area contributed by atoms with Crippen molar-refractivity contribution < 1.29 is 9.53 Å². The van der Waals surface area contributed by atoms with E-state index in [4.69, 9.17) is 4.74 Å². The largest absolute Gasteiger partial charge is 0.471 e. The van der Waals surface area contributed by atoms with Crippen molar-refractivity contribution in [3.8, 4) is 5.88 Å². The zero-order valence-electron chi connectivity index (χ0n) is 13.2. The van der Waals surface area contributed by atoms with Crippen LogP contribution in [0.5, 0.6) is 5.88 Å². The van der Waals surface area contributed by atoms with Gasteiger partial charge in [-0.3, -0.25) is 4.79 Å². The fourth-order valence-electron chi connectivity index (χ4n) is 3.09. The lowest BCUT2D eigenvalue weighted by molar-refractivity contribution is 0.0525. The minimum Gasteiger partial charge on any atom is -0.471 e. The summed E-state index contributed by atoms with van der Waals surface area (Å²) in [5.41, 5.74) is 1.73. The van der Waals surface area contributed by atoms with Gasteiger partial charge in [0.25, 0.3) is 5.91 Å². The molecule has 1 aliphatic rings. The van der Waals surface area contributed by atoms with Crippen molar-refractivity contribution in [3.63, 3.8) is 0 Å². The van der Waals surface area contributed by atoms with Crippen LogP contribution in [0.25, 0.3) is 5.52 Å². The average Bonchev–Trinajstić information content (AvgIpc) is 3.06. The third-order valence-corrected chi connectivity index (χ3v) is 4.25. The maximum Gasteiger partial charge on any atom is 0.255 e.